The third-order valence-electron chi connectivity index (χ3n) is 11.7. The normalized spacial score (nSPS) is 12.5. The van der Waals surface area contributed by atoms with Crippen LogP contribution < -0.4 is 0 Å². The van der Waals surface area contributed by atoms with Crippen molar-refractivity contribution in [2.45, 2.75) is 0 Å². The van der Waals surface area contributed by atoms with Gasteiger partial charge in [-0.15, -0.1) is 0 Å². The highest BCUT2D eigenvalue weighted by Crippen LogP contribution is 2.45. The molecule has 0 saturated carbocycles. The van der Waals surface area contributed by atoms with Gasteiger partial charge in [-0.2, -0.15) is 0 Å². The molecular formula is C49H28N4. The summed E-state index contributed by atoms with van der Waals surface area (Å²) in [7, 11) is 0. The Kier molecular flexibility index (Phi) is 5.08. The molecule has 4 nitrogen and oxygen atoms in total. The maximum absolute atomic E-state index is 5.17. The van der Waals surface area contributed by atoms with Crippen LogP contribution in [0.2, 0.25) is 0 Å². The van der Waals surface area contributed by atoms with E-state index < -0.39 is 0 Å². The Morgan fingerprint density at radius 3 is 1.74 bits per heavy atom. The van der Waals surface area contributed by atoms with Gasteiger partial charge in [0.25, 0.3) is 0 Å². The number of hydrogen-bond donors (Lipinski definition) is 0. The molecule has 13 aromatic rings. The molecule has 0 fully saturated rings. The Bertz CT molecular complexity index is 3690. The molecular weight excluding hydrogens is 645 g/mol. The quantitative estimate of drug-likeness (QED) is 0.168. The largest absolute Gasteiger partial charge is 0.306 e. The van der Waals surface area contributed by atoms with Crippen LogP contribution in [0.4, 0.5) is 0 Å². The minimum absolute atomic E-state index is 0.989. The summed E-state index contributed by atoms with van der Waals surface area (Å²) in [6.45, 7) is 0. The first kappa shape index (κ1) is 27.5. The lowest BCUT2D eigenvalue weighted by Gasteiger charge is -2.15. The minimum Gasteiger partial charge on any atom is -0.306 e. The zero-order chi connectivity index (χ0) is 34.4. The second-order valence-electron chi connectivity index (χ2n) is 14.3. The fourth-order valence-corrected chi connectivity index (χ4v) is 9.61. The van der Waals surface area contributed by atoms with Gasteiger partial charge >= 0.3 is 0 Å². The second-order valence-corrected chi connectivity index (χ2v) is 14.3. The molecule has 53 heavy (non-hydrogen) atoms. The predicted octanol–water partition coefficient (Wildman–Crippen LogP) is 12.7. The van der Waals surface area contributed by atoms with E-state index in [1.807, 2.05) is 0 Å². The predicted molar refractivity (Wildman–Crippen MR) is 222 cm³/mol. The second kappa shape index (κ2) is 9.78. The summed E-state index contributed by atoms with van der Waals surface area (Å²) in [5.74, 6) is 0. The van der Waals surface area contributed by atoms with Gasteiger partial charge in [-0.1, -0.05) is 133 Å². The van der Waals surface area contributed by atoms with E-state index in [0.717, 1.165) is 27.6 Å². The van der Waals surface area contributed by atoms with Crippen LogP contribution in [-0.2, 0) is 0 Å². The van der Waals surface area contributed by atoms with Crippen molar-refractivity contribution in [3.05, 3.63) is 170 Å². The first-order chi connectivity index (χ1) is 26.3. The molecule has 4 heteroatoms. The maximum Gasteiger partial charge on any atom is 0.146 e. The van der Waals surface area contributed by atoms with Crippen LogP contribution in [0, 0.1) is 0 Å². The molecule has 13 rings (SSSR count). The Hall–Kier alpha value is -7.17. The summed E-state index contributed by atoms with van der Waals surface area (Å²) in [6, 6.07) is 62.3. The zero-order valence-corrected chi connectivity index (χ0v) is 28.5. The number of benzene rings is 8. The number of nitrogens with zero attached hydrogens (tertiary/aromatic N) is 4. The number of imidazole rings is 1. The Balaban J connectivity index is 1.19. The lowest BCUT2D eigenvalue weighted by atomic mass is 9.98. The Labute approximate surface area is 302 Å². The highest BCUT2D eigenvalue weighted by atomic mass is 15.0. The summed E-state index contributed by atoms with van der Waals surface area (Å²) in [4.78, 5) is 5.17. The molecule has 0 N–H and O–H groups in total. The summed E-state index contributed by atoms with van der Waals surface area (Å²) < 4.78 is 7.39. The van der Waals surface area contributed by atoms with Crippen molar-refractivity contribution in [1.82, 2.24) is 18.4 Å². The lowest BCUT2D eigenvalue weighted by Crippen LogP contribution is -1.98. The van der Waals surface area contributed by atoms with Crippen LogP contribution in [-0.4, -0.2) is 18.4 Å². The fourth-order valence-electron chi connectivity index (χ4n) is 9.61. The topological polar surface area (TPSA) is 26.6 Å². The van der Waals surface area contributed by atoms with E-state index in [-0.39, 0.29) is 0 Å². The fraction of sp³-hybridized carbons (Fsp3) is 0. The minimum atomic E-state index is 0.989. The van der Waals surface area contributed by atoms with Crippen LogP contribution in [0.1, 0.15) is 0 Å². The maximum atomic E-state index is 5.17. The van der Waals surface area contributed by atoms with Gasteiger partial charge in [-0.05, 0) is 47.3 Å². The number of hydrogen-bond acceptors (Lipinski definition) is 1. The van der Waals surface area contributed by atoms with Crippen molar-refractivity contribution in [3.63, 3.8) is 0 Å². The third kappa shape index (κ3) is 3.39. The van der Waals surface area contributed by atoms with Crippen molar-refractivity contribution in [1.29, 1.82) is 0 Å². The third-order valence-corrected chi connectivity index (χ3v) is 11.7. The first-order valence-corrected chi connectivity index (χ1v) is 18.2. The zero-order valence-electron chi connectivity index (χ0n) is 28.5. The molecule has 0 spiro atoms. The van der Waals surface area contributed by atoms with Crippen LogP contribution in [0.25, 0.3) is 115 Å². The summed E-state index contributed by atoms with van der Waals surface area (Å²) >= 11 is 0. The number of aromatic nitrogens is 4. The average molecular weight is 673 g/mol. The molecule has 0 atom stereocenters. The summed E-state index contributed by atoms with van der Waals surface area (Å²) in [5.41, 5.74) is 14.0. The van der Waals surface area contributed by atoms with E-state index in [1.165, 1.54) is 87.5 Å². The number of para-hydroxylation sites is 7. The molecule has 5 aromatic heterocycles. The van der Waals surface area contributed by atoms with Gasteiger partial charge in [0.05, 0.1) is 49.8 Å². The monoisotopic (exact) mass is 672 g/mol. The van der Waals surface area contributed by atoms with Gasteiger partial charge in [-0.3, -0.25) is 4.40 Å². The van der Waals surface area contributed by atoms with Crippen molar-refractivity contribution >= 4 is 98.3 Å². The first-order valence-electron chi connectivity index (χ1n) is 18.2. The van der Waals surface area contributed by atoms with E-state index in [0.29, 0.717) is 0 Å². The van der Waals surface area contributed by atoms with Crippen molar-refractivity contribution in [2.75, 3.05) is 0 Å². The van der Waals surface area contributed by atoms with E-state index in [1.54, 1.807) is 0 Å². The summed E-state index contributed by atoms with van der Waals surface area (Å²) in [5, 5.41) is 11.2. The molecule has 0 radical (unpaired) electrons. The molecule has 5 heterocycles. The number of fused-ring (bicyclic) bond motifs is 17. The molecule has 0 saturated heterocycles. The highest BCUT2D eigenvalue weighted by Gasteiger charge is 2.23. The Morgan fingerprint density at radius 2 is 0.906 bits per heavy atom. The van der Waals surface area contributed by atoms with Crippen LogP contribution in [0.15, 0.2) is 170 Å². The van der Waals surface area contributed by atoms with E-state index in [4.69, 9.17) is 4.98 Å². The van der Waals surface area contributed by atoms with Gasteiger partial charge in [0.15, 0.2) is 0 Å². The summed E-state index contributed by atoms with van der Waals surface area (Å²) in [6.07, 6.45) is 0. The van der Waals surface area contributed by atoms with Crippen LogP contribution in [0.5, 0.6) is 0 Å². The van der Waals surface area contributed by atoms with E-state index in [9.17, 15) is 0 Å². The van der Waals surface area contributed by atoms with Gasteiger partial charge in [0.1, 0.15) is 5.65 Å². The molecule has 0 amide bonds. The number of rotatable bonds is 2. The number of pyridine rings is 1. The van der Waals surface area contributed by atoms with Crippen LogP contribution in [0.3, 0.4) is 0 Å². The molecule has 0 aliphatic rings. The average Bonchev–Trinajstić information content (AvgIpc) is 3.97. The van der Waals surface area contributed by atoms with Crippen molar-refractivity contribution in [2.24, 2.45) is 0 Å². The van der Waals surface area contributed by atoms with Gasteiger partial charge < -0.3 is 8.97 Å². The standard InChI is InChI=1S/C49H28N4/c1-2-15-39-31(12-1)34-27-26-29(28-45(34)52-43-24-8-5-21-40(43)50-49(39)52)30-16-9-17-35-32-13-3-6-22-41(32)51(46(30)35)44-25-11-20-38-37-19-10-18-36-33-14-4-7-23-42(33)53(47(36)37)48(38)44/h1-28H. The van der Waals surface area contributed by atoms with Crippen molar-refractivity contribution < 1.29 is 0 Å². The molecule has 244 valence electrons. The molecule has 0 unspecified atom stereocenters. The van der Waals surface area contributed by atoms with Gasteiger partial charge in [0.2, 0.25) is 0 Å². The molecule has 0 bridgehead atoms. The van der Waals surface area contributed by atoms with E-state index >= 15 is 0 Å². The highest BCUT2D eigenvalue weighted by molar-refractivity contribution is 6.25. The van der Waals surface area contributed by atoms with Gasteiger partial charge in [0, 0.05) is 48.7 Å². The van der Waals surface area contributed by atoms with Gasteiger partial charge in [-0.25, -0.2) is 4.98 Å². The van der Waals surface area contributed by atoms with Crippen LogP contribution >= 0.6 is 0 Å². The Morgan fingerprint density at radius 1 is 0.340 bits per heavy atom. The SMILES string of the molecule is c1ccc2c(c1)nc1c3ccccc3c3ccc(-c4cccc5c6ccccc6n(-c6cccc7c8cccc9c%10ccccc%10n(c67)c98)c45)cc3n21. The van der Waals surface area contributed by atoms with E-state index in [2.05, 4.69) is 183 Å². The molecule has 0 aliphatic heterocycles. The lowest BCUT2D eigenvalue weighted by molar-refractivity contribution is 1.18. The smallest absolute Gasteiger partial charge is 0.146 e. The van der Waals surface area contributed by atoms with Crippen molar-refractivity contribution in [3.8, 4) is 16.8 Å². The molecule has 0 aliphatic carbocycles. The molecule has 8 aromatic carbocycles.